The van der Waals surface area contributed by atoms with Crippen LogP contribution in [0.3, 0.4) is 0 Å². The molecule has 2 aromatic carbocycles. The van der Waals surface area contributed by atoms with Gasteiger partial charge in [0, 0.05) is 24.4 Å². The summed E-state index contributed by atoms with van der Waals surface area (Å²) < 4.78 is 39.6. The number of nitrogens with one attached hydrogen (secondary N) is 1. The Bertz CT molecular complexity index is 901. The van der Waals surface area contributed by atoms with Gasteiger partial charge in [0.2, 0.25) is 0 Å². The van der Waals surface area contributed by atoms with Gasteiger partial charge in [-0.1, -0.05) is 11.6 Å². The Balaban J connectivity index is 1.74. The first-order valence-corrected chi connectivity index (χ1v) is 8.96. The summed E-state index contributed by atoms with van der Waals surface area (Å²) in [5, 5.41) is 2.71. The Labute approximate surface area is 160 Å². The summed E-state index contributed by atoms with van der Waals surface area (Å²) in [6.45, 7) is 1.87. The van der Waals surface area contributed by atoms with Crippen molar-refractivity contribution >= 4 is 29.2 Å². The van der Waals surface area contributed by atoms with E-state index in [1.165, 1.54) is 6.07 Å². The number of halogens is 3. The lowest BCUT2D eigenvalue weighted by Crippen LogP contribution is -2.24. The number of hydrogen-bond acceptors (Lipinski definition) is 5. The molecule has 0 saturated carbocycles. The summed E-state index contributed by atoms with van der Waals surface area (Å²) in [5.41, 5.74) is 1.58. The smallest absolute Gasteiger partial charge is 0.168 e. The molecule has 2 aliphatic heterocycles. The van der Waals surface area contributed by atoms with E-state index in [9.17, 15) is 8.78 Å². The summed E-state index contributed by atoms with van der Waals surface area (Å²) >= 11 is 5.74. The average Bonchev–Trinajstić information content (AvgIpc) is 3.18. The predicted octanol–water partition coefficient (Wildman–Crippen LogP) is 3.90. The SMILES string of the molecule is COc1cc2c(cc1O[C@H]1CCNC1)C=NCN2c1ccc(F)c(Cl)c1F. The lowest BCUT2D eigenvalue weighted by Gasteiger charge is -2.29. The maximum atomic E-state index is 14.5. The summed E-state index contributed by atoms with van der Waals surface area (Å²) in [5.74, 6) is -0.480. The molecule has 0 aromatic heterocycles. The van der Waals surface area contributed by atoms with Gasteiger partial charge in [-0.3, -0.25) is 4.99 Å². The minimum atomic E-state index is -0.823. The molecule has 1 N–H and O–H groups in total. The fraction of sp³-hybridized carbons (Fsp3) is 0.316. The molecule has 1 fully saturated rings. The molecule has 4 rings (SSSR count). The van der Waals surface area contributed by atoms with E-state index in [2.05, 4.69) is 10.3 Å². The van der Waals surface area contributed by atoms with Gasteiger partial charge in [-0.05, 0) is 31.2 Å². The zero-order chi connectivity index (χ0) is 19.0. The van der Waals surface area contributed by atoms with E-state index in [4.69, 9.17) is 21.1 Å². The second-order valence-electron chi connectivity index (χ2n) is 6.37. The second kappa shape index (κ2) is 7.32. The van der Waals surface area contributed by atoms with Gasteiger partial charge in [0.1, 0.15) is 23.6 Å². The zero-order valence-electron chi connectivity index (χ0n) is 14.6. The lowest BCUT2D eigenvalue weighted by atomic mass is 10.1. The van der Waals surface area contributed by atoms with E-state index in [0.29, 0.717) is 17.2 Å². The maximum Gasteiger partial charge on any atom is 0.168 e. The highest BCUT2D eigenvalue weighted by molar-refractivity contribution is 6.31. The summed E-state index contributed by atoms with van der Waals surface area (Å²) in [7, 11) is 1.55. The normalized spacial score (nSPS) is 18.5. The largest absolute Gasteiger partial charge is 0.493 e. The van der Waals surface area contributed by atoms with Crippen molar-refractivity contribution in [2.75, 3.05) is 31.8 Å². The molecule has 27 heavy (non-hydrogen) atoms. The molecule has 0 radical (unpaired) electrons. The molecule has 1 atom stereocenters. The molecule has 0 amide bonds. The third-order valence-corrected chi connectivity index (χ3v) is 5.02. The second-order valence-corrected chi connectivity index (χ2v) is 6.75. The van der Waals surface area contributed by atoms with Crippen molar-refractivity contribution in [3.63, 3.8) is 0 Å². The van der Waals surface area contributed by atoms with Crippen LogP contribution in [0.2, 0.25) is 5.02 Å². The minimum absolute atomic E-state index is 0.0712. The van der Waals surface area contributed by atoms with E-state index >= 15 is 0 Å². The average molecular weight is 394 g/mol. The fourth-order valence-electron chi connectivity index (χ4n) is 3.29. The molecule has 8 heteroatoms. The minimum Gasteiger partial charge on any atom is -0.493 e. The van der Waals surface area contributed by atoms with Crippen LogP contribution in [0.1, 0.15) is 12.0 Å². The number of benzene rings is 2. The number of rotatable bonds is 4. The van der Waals surface area contributed by atoms with Crippen LogP contribution in [0.25, 0.3) is 0 Å². The molecule has 2 aliphatic rings. The molecule has 142 valence electrons. The molecule has 5 nitrogen and oxygen atoms in total. The molecular formula is C19H18ClF2N3O2. The lowest BCUT2D eigenvalue weighted by molar-refractivity contribution is 0.213. The first kappa shape index (κ1) is 18.0. The number of aliphatic imine (C=N–C) groups is 1. The van der Waals surface area contributed by atoms with Crippen molar-refractivity contribution in [2.24, 2.45) is 4.99 Å². The Morgan fingerprint density at radius 2 is 2.07 bits per heavy atom. The van der Waals surface area contributed by atoms with E-state index in [1.807, 2.05) is 6.07 Å². The van der Waals surface area contributed by atoms with Gasteiger partial charge in [-0.25, -0.2) is 8.78 Å². The van der Waals surface area contributed by atoms with Crippen LogP contribution in [0.15, 0.2) is 29.3 Å². The Kier molecular flexibility index (Phi) is 4.88. The van der Waals surface area contributed by atoms with Crippen molar-refractivity contribution < 1.29 is 18.3 Å². The zero-order valence-corrected chi connectivity index (χ0v) is 15.4. The van der Waals surface area contributed by atoms with E-state index in [1.54, 1.807) is 24.3 Å². The molecule has 0 aliphatic carbocycles. The van der Waals surface area contributed by atoms with Crippen LogP contribution in [0, 0.1) is 11.6 Å². The first-order chi connectivity index (χ1) is 13.1. The molecule has 2 heterocycles. The van der Waals surface area contributed by atoms with Gasteiger partial charge in [0.25, 0.3) is 0 Å². The van der Waals surface area contributed by atoms with Crippen LogP contribution < -0.4 is 19.7 Å². The summed E-state index contributed by atoms with van der Waals surface area (Å²) in [6, 6.07) is 6.09. The molecule has 2 aromatic rings. The van der Waals surface area contributed by atoms with Crippen molar-refractivity contribution in [1.82, 2.24) is 5.32 Å². The third-order valence-electron chi connectivity index (χ3n) is 4.67. The Hall–Kier alpha value is -2.38. The number of ether oxygens (including phenoxy) is 2. The fourth-order valence-corrected chi connectivity index (χ4v) is 3.45. The van der Waals surface area contributed by atoms with E-state index in [0.717, 1.165) is 31.1 Å². The topological polar surface area (TPSA) is 46.1 Å². The first-order valence-electron chi connectivity index (χ1n) is 8.58. The van der Waals surface area contributed by atoms with Crippen molar-refractivity contribution in [3.05, 3.63) is 46.5 Å². The van der Waals surface area contributed by atoms with Crippen molar-refractivity contribution in [2.45, 2.75) is 12.5 Å². The number of methoxy groups -OCH3 is 1. The number of nitrogens with zero attached hydrogens (tertiary/aromatic N) is 2. The molecule has 1 saturated heterocycles. The molecule has 0 spiro atoms. The van der Waals surface area contributed by atoms with Crippen LogP contribution in [0.5, 0.6) is 11.5 Å². The van der Waals surface area contributed by atoms with Gasteiger partial charge >= 0.3 is 0 Å². The number of hydrogen-bond donors (Lipinski definition) is 1. The summed E-state index contributed by atoms with van der Waals surface area (Å²) in [4.78, 5) is 5.91. The number of fused-ring (bicyclic) bond motifs is 1. The highest BCUT2D eigenvalue weighted by Crippen LogP contribution is 2.41. The van der Waals surface area contributed by atoms with Crippen LogP contribution in [-0.4, -0.2) is 39.2 Å². The van der Waals surface area contributed by atoms with Crippen molar-refractivity contribution in [1.29, 1.82) is 0 Å². The monoisotopic (exact) mass is 393 g/mol. The predicted molar refractivity (Wildman–Crippen MR) is 101 cm³/mol. The van der Waals surface area contributed by atoms with E-state index in [-0.39, 0.29) is 18.5 Å². The Morgan fingerprint density at radius 1 is 1.22 bits per heavy atom. The number of anilines is 2. The van der Waals surface area contributed by atoms with Crippen LogP contribution in [-0.2, 0) is 0 Å². The van der Waals surface area contributed by atoms with Gasteiger partial charge in [0.15, 0.2) is 17.3 Å². The van der Waals surface area contributed by atoms with Crippen LogP contribution in [0.4, 0.5) is 20.2 Å². The summed E-state index contributed by atoms with van der Waals surface area (Å²) in [6.07, 6.45) is 2.69. The van der Waals surface area contributed by atoms with Gasteiger partial charge in [-0.2, -0.15) is 0 Å². The molecule has 0 bridgehead atoms. The highest BCUT2D eigenvalue weighted by Gasteiger charge is 2.25. The maximum absolute atomic E-state index is 14.5. The quantitative estimate of drug-likeness (QED) is 0.800. The van der Waals surface area contributed by atoms with Crippen molar-refractivity contribution in [3.8, 4) is 11.5 Å². The standard InChI is InChI=1S/C19H18ClF2N3O2/c1-26-16-7-15-11(6-17(16)27-12-4-5-23-9-12)8-24-10-25(15)14-3-2-13(21)18(20)19(14)22/h2-3,6-8,12,23H,4-5,9-10H2,1H3/t12-/m0/s1. The van der Waals surface area contributed by atoms with Gasteiger partial charge in [0.05, 0.1) is 18.5 Å². The Morgan fingerprint density at radius 3 is 2.81 bits per heavy atom. The van der Waals surface area contributed by atoms with Gasteiger partial charge < -0.3 is 19.7 Å². The van der Waals surface area contributed by atoms with Crippen LogP contribution >= 0.6 is 11.6 Å². The van der Waals surface area contributed by atoms with Gasteiger partial charge in [-0.15, -0.1) is 0 Å². The molecular weight excluding hydrogens is 376 g/mol. The van der Waals surface area contributed by atoms with E-state index < -0.39 is 16.7 Å². The molecule has 0 unspecified atom stereocenters. The third kappa shape index (κ3) is 3.33. The highest BCUT2D eigenvalue weighted by atomic mass is 35.5.